The largest absolute Gasteiger partial charge is 0.369 e. The average molecular weight is 347 g/mol. The van der Waals surface area contributed by atoms with E-state index in [9.17, 15) is 9.59 Å². The van der Waals surface area contributed by atoms with Crippen LogP contribution in [0.25, 0.3) is 0 Å². The Kier molecular flexibility index (Phi) is 4.75. The highest BCUT2D eigenvalue weighted by Gasteiger charge is 2.11. The van der Waals surface area contributed by atoms with Crippen molar-refractivity contribution in [3.05, 3.63) is 63.6 Å². The van der Waals surface area contributed by atoms with Crippen molar-refractivity contribution in [3.8, 4) is 0 Å². The third-order valence-corrected chi connectivity index (χ3v) is 3.39. The zero-order valence-electron chi connectivity index (χ0n) is 11.5. The maximum atomic E-state index is 12.3. The van der Waals surface area contributed by atoms with Gasteiger partial charge in [-0.1, -0.05) is 34.1 Å². The van der Waals surface area contributed by atoms with Crippen LogP contribution in [0.15, 0.2) is 46.9 Å². The molecule has 3 N–H and O–H groups in total. The monoisotopic (exact) mass is 346 g/mol. The molecule has 2 aromatic carbocycles. The third-order valence-electron chi connectivity index (χ3n) is 2.93. The van der Waals surface area contributed by atoms with Crippen molar-refractivity contribution >= 4 is 33.4 Å². The van der Waals surface area contributed by atoms with E-state index in [1.165, 1.54) is 0 Å². The molecule has 0 aliphatic carbocycles. The number of hydrogen-bond donors (Lipinski definition) is 2. The van der Waals surface area contributed by atoms with Gasteiger partial charge in [0.2, 0.25) is 5.91 Å². The molecular formula is C16H15BrN2O2. The van der Waals surface area contributed by atoms with Gasteiger partial charge in [-0.15, -0.1) is 0 Å². The predicted octanol–water partition coefficient (Wildman–Crippen LogP) is 3.04. The SMILES string of the molecule is Cc1cc(Br)cc(C(=O)Nc2ccccc2CC(N)=O)c1. The van der Waals surface area contributed by atoms with Gasteiger partial charge in [-0.3, -0.25) is 9.59 Å². The first-order valence-corrected chi connectivity index (χ1v) is 7.20. The van der Waals surface area contributed by atoms with Crippen LogP contribution in [-0.2, 0) is 11.2 Å². The Labute approximate surface area is 131 Å². The fraction of sp³-hybridized carbons (Fsp3) is 0.125. The molecule has 0 saturated carbocycles. The molecule has 0 aliphatic heterocycles. The molecule has 0 aliphatic rings. The molecule has 0 atom stereocenters. The molecule has 2 amide bonds. The zero-order chi connectivity index (χ0) is 15.4. The molecule has 0 spiro atoms. The summed E-state index contributed by atoms with van der Waals surface area (Å²) in [5.41, 5.74) is 8.05. The summed E-state index contributed by atoms with van der Waals surface area (Å²) in [6.45, 7) is 1.92. The molecule has 2 rings (SSSR count). The number of amides is 2. The van der Waals surface area contributed by atoms with Gasteiger partial charge in [-0.05, 0) is 42.3 Å². The van der Waals surface area contributed by atoms with E-state index in [2.05, 4.69) is 21.2 Å². The van der Waals surface area contributed by atoms with E-state index in [0.717, 1.165) is 10.0 Å². The summed E-state index contributed by atoms with van der Waals surface area (Å²) in [6, 6.07) is 12.6. The topological polar surface area (TPSA) is 72.2 Å². The summed E-state index contributed by atoms with van der Waals surface area (Å²) in [5.74, 6) is -0.661. The fourth-order valence-electron chi connectivity index (χ4n) is 2.05. The van der Waals surface area contributed by atoms with Gasteiger partial charge in [0.15, 0.2) is 0 Å². The number of carbonyl (C=O) groups is 2. The lowest BCUT2D eigenvalue weighted by Crippen LogP contribution is -2.17. The van der Waals surface area contributed by atoms with E-state index in [-0.39, 0.29) is 12.3 Å². The summed E-state index contributed by atoms with van der Waals surface area (Å²) in [4.78, 5) is 23.4. The van der Waals surface area contributed by atoms with Crippen LogP contribution in [0.2, 0.25) is 0 Å². The van der Waals surface area contributed by atoms with Gasteiger partial charge in [0.25, 0.3) is 5.91 Å². The highest BCUT2D eigenvalue weighted by atomic mass is 79.9. The van der Waals surface area contributed by atoms with Crippen molar-refractivity contribution < 1.29 is 9.59 Å². The Hall–Kier alpha value is -2.14. The number of benzene rings is 2. The van der Waals surface area contributed by atoms with E-state index in [1.807, 2.05) is 13.0 Å². The van der Waals surface area contributed by atoms with Gasteiger partial charge in [0.05, 0.1) is 6.42 Å². The standard InChI is InChI=1S/C16H15BrN2O2/c1-10-6-12(8-13(17)7-10)16(21)19-14-5-3-2-4-11(14)9-15(18)20/h2-8H,9H2,1H3,(H2,18,20)(H,19,21). The molecule has 0 fully saturated rings. The Morgan fingerprint density at radius 3 is 2.57 bits per heavy atom. The highest BCUT2D eigenvalue weighted by Crippen LogP contribution is 2.19. The number of para-hydroxylation sites is 1. The molecule has 4 nitrogen and oxygen atoms in total. The lowest BCUT2D eigenvalue weighted by Gasteiger charge is -2.10. The number of halogens is 1. The van der Waals surface area contributed by atoms with E-state index in [1.54, 1.807) is 36.4 Å². The molecule has 5 heteroatoms. The molecule has 0 unspecified atom stereocenters. The average Bonchev–Trinajstić information content (AvgIpc) is 2.39. The smallest absolute Gasteiger partial charge is 0.255 e. The number of rotatable bonds is 4. The van der Waals surface area contributed by atoms with Crippen molar-refractivity contribution in [1.29, 1.82) is 0 Å². The maximum absolute atomic E-state index is 12.3. The molecule has 108 valence electrons. The first-order valence-electron chi connectivity index (χ1n) is 6.40. The lowest BCUT2D eigenvalue weighted by atomic mass is 10.1. The molecule has 0 radical (unpaired) electrons. The van der Waals surface area contributed by atoms with Crippen molar-refractivity contribution in [2.45, 2.75) is 13.3 Å². The molecule has 0 aromatic heterocycles. The second-order valence-electron chi connectivity index (χ2n) is 4.77. The predicted molar refractivity (Wildman–Crippen MR) is 86.2 cm³/mol. The number of nitrogens with two attached hydrogens (primary N) is 1. The molecule has 0 saturated heterocycles. The summed E-state index contributed by atoms with van der Waals surface area (Å²) in [7, 11) is 0. The van der Waals surface area contributed by atoms with Crippen LogP contribution in [0.3, 0.4) is 0 Å². The minimum absolute atomic E-state index is 0.0912. The summed E-state index contributed by atoms with van der Waals surface area (Å²) in [6.07, 6.45) is 0.0912. The summed E-state index contributed by atoms with van der Waals surface area (Å²) in [5, 5.41) is 2.82. The normalized spacial score (nSPS) is 10.2. The molecule has 0 bridgehead atoms. The maximum Gasteiger partial charge on any atom is 0.255 e. The molecular weight excluding hydrogens is 332 g/mol. The number of hydrogen-bond acceptors (Lipinski definition) is 2. The second kappa shape index (κ2) is 6.54. The van der Waals surface area contributed by atoms with Gasteiger partial charge in [-0.25, -0.2) is 0 Å². The van der Waals surface area contributed by atoms with Crippen LogP contribution in [0.5, 0.6) is 0 Å². The Morgan fingerprint density at radius 1 is 1.19 bits per heavy atom. The highest BCUT2D eigenvalue weighted by molar-refractivity contribution is 9.10. The van der Waals surface area contributed by atoms with Gasteiger partial charge in [-0.2, -0.15) is 0 Å². The van der Waals surface area contributed by atoms with Crippen LogP contribution >= 0.6 is 15.9 Å². The fourth-order valence-corrected chi connectivity index (χ4v) is 2.65. The van der Waals surface area contributed by atoms with Crippen molar-refractivity contribution in [2.75, 3.05) is 5.32 Å². The van der Waals surface area contributed by atoms with Crippen LogP contribution in [0.4, 0.5) is 5.69 Å². The first-order chi connectivity index (χ1) is 9.95. The number of carbonyl (C=O) groups excluding carboxylic acids is 2. The second-order valence-corrected chi connectivity index (χ2v) is 5.69. The summed E-state index contributed by atoms with van der Waals surface area (Å²) < 4.78 is 0.845. The minimum Gasteiger partial charge on any atom is -0.369 e. The van der Waals surface area contributed by atoms with Gasteiger partial charge >= 0.3 is 0 Å². The van der Waals surface area contributed by atoms with Crippen LogP contribution in [-0.4, -0.2) is 11.8 Å². The number of primary amides is 1. The number of nitrogens with one attached hydrogen (secondary N) is 1. The third kappa shape index (κ3) is 4.16. The van der Waals surface area contributed by atoms with Gasteiger partial charge in [0.1, 0.15) is 0 Å². The van der Waals surface area contributed by atoms with Crippen LogP contribution in [0.1, 0.15) is 21.5 Å². The molecule has 21 heavy (non-hydrogen) atoms. The number of aryl methyl sites for hydroxylation is 1. The van der Waals surface area contributed by atoms with Crippen LogP contribution in [0, 0.1) is 6.92 Å². The zero-order valence-corrected chi connectivity index (χ0v) is 13.1. The minimum atomic E-state index is -0.435. The van der Waals surface area contributed by atoms with E-state index in [4.69, 9.17) is 5.73 Å². The van der Waals surface area contributed by atoms with Gasteiger partial charge in [0, 0.05) is 15.7 Å². The Bertz CT molecular complexity index is 678. The molecule has 2 aromatic rings. The quantitative estimate of drug-likeness (QED) is 0.892. The van der Waals surface area contributed by atoms with Crippen molar-refractivity contribution in [1.82, 2.24) is 0 Å². The summed E-state index contributed by atoms with van der Waals surface area (Å²) >= 11 is 3.37. The van der Waals surface area contributed by atoms with Crippen molar-refractivity contribution in [2.24, 2.45) is 5.73 Å². The van der Waals surface area contributed by atoms with Crippen molar-refractivity contribution in [3.63, 3.8) is 0 Å². The lowest BCUT2D eigenvalue weighted by molar-refractivity contribution is -0.117. The molecule has 0 heterocycles. The Morgan fingerprint density at radius 2 is 1.90 bits per heavy atom. The van der Waals surface area contributed by atoms with Gasteiger partial charge < -0.3 is 11.1 Å². The Balaban J connectivity index is 2.25. The van der Waals surface area contributed by atoms with E-state index < -0.39 is 5.91 Å². The van der Waals surface area contributed by atoms with E-state index >= 15 is 0 Å². The van der Waals surface area contributed by atoms with Crippen LogP contribution < -0.4 is 11.1 Å². The van der Waals surface area contributed by atoms with E-state index in [0.29, 0.717) is 16.8 Å². The number of anilines is 1. The first kappa shape index (κ1) is 15.3.